The predicted molar refractivity (Wildman–Crippen MR) is 70.1 cm³/mol. The molecular weight excluding hydrogens is 278 g/mol. The molecule has 7 heteroatoms. The van der Waals surface area contributed by atoms with Crippen molar-refractivity contribution < 1.29 is 14.5 Å². The van der Waals surface area contributed by atoms with Crippen molar-refractivity contribution in [3.63, 3.8) is 0 Å². The van der Waals surface area contributed by atoms with E-state index in [1.807, 2.05) is 0 Å². The van der Waals surface area contributed by atoms with Crippen LogP contribution in [-0.2, 0) is 9.53 Å². The Labute approximate surface area is 114 Å². The van der Waals surface area contributed by atoms with Gasteiger partial charge in [-0.1, -0.05) is 11.6 Å². The lowest BCUT2D eigenvalue weighted by Gasteiger charge is -2.07. The summed E-state index contributed by atoms with van der Waals surface area (Å²) in [6.45, 7) is 3.49. The van der Waals surface area contributed by atoms with Gasteiger partial charge in [-0.05, 0) is 26.0 Å². The number of halogens is 1. The van der Waals surface area contributed by atoms with Gasteiger partial charge in [0.05, 0.1) is 21.7 Å². The van der Waals surface area contributed by atoms with Crippen LogP contribution >= 0.6 is 23.4 Å². The van der Waals surface area contributed by atoms with Gasteiger partial charge in [0.25, 0.3) is 5.69 Å². The maximum Gasteiger partial charge on any atom is 0.316 e. The van der Waals surface area contributed by atoms with Crippen molar-refractivity contribution in [1.29, 1.82) is 0 Å². The van der Waals surface area contributed by atoms with Crippen LogP contribution in [0.1, 0.15) is 13.8 Å². The van der Waals surface area contributed by atoms with Crippen LogP contribution in [0.3, 0.4) is 0 Å². The number of ether oxygens (including phenoxy) is 1. The quantitative estimate of drug-likeness (QED) is 0.360. The number of carbonyl (C=O) groups is 1. The van der Waals surface area contributed by atoms with Crippen molar-refractivity contribution in [3.8, 4) is 0 Å². The summed E-state index contributed by atoms with van der Waals surface area (Å²) in [4.78, 5) is 22.0. The third kappa shape index (κ3) is 4.54. The van der Waals surface area contributed by atoms with Crippen LogP contribution in [0.2, 0.25) is 5.02 Å². The Morgan fingerprint density at radius 3 is 2.78 bits per heavy atom. The van der Waals surface area contributed by atoms with E-state index in [1.54, 1.807) is 19.9 Å². The summed E-state index contributed by atoms with van der Waals surface area (Å²) in [6, 6.07) is 4.33. The summed E-state index contributed by atoms with van der Waals surface area (Å²) in [5.74, 6) is -0.375. The smallest absolute Gasteiger partial charge is 0.316 e. The molecule has 0 aliphatic heterocycles. The van der Waals surface area contributed by atoms with Gasteiger partial charge >= 0.3 is 5.97 Å². The minimum Gasteiger partial charge on any atom is -0.462 e. The van der Waals surface area contributed by atoms with Gasteiger partial charge in [0.15, 0.2) is 0 Å². The van der Waals surface area contributed by atoms with Crippen molar-refractivity contribution in [1.82, 2.24) is 0 Å². The van der Waals surface area contributed by atoms with Gasteiger partial charge in [0.2, 0.25) is 0 Å². The second-order valence-electron chi connectivity index (χ2n) is 3.70. The average Bonchev–Trinajstić information content (AvgIpc) is 2.26. The third-order valence-electron chi connectivity index (χ3n) is 1.83. The summed E-state index contributed by atoms with van der Waals surface area (Å²) in [6.07, 6.45) is -0.196. The van der Waals surface area contributed by atoms with Gasteiger partial charge in [-0.3, -0.25) is 14.9 Å². The van der Waals surface area contributed by atoms with E-state index in [2.05, 4.69) is 0 Å². The second-order valence-corrected chi connectivity index (χ2v) is 5.15. The van der Waals surface area contributed by atoms with E-state index in [4.69, 9.17) is 16.3 Å². The van der Waals surface area contributed by atoms with Crippen LogP contribution in [0.4, 0.5) is 5.69 Å². The lowest BCUT2D eigenvalue weighted by molar-refractivity contribution is -0.387. The number of benzene rings is 1. The molecule has 0 spiro atoms. The van der Waals surface area contributed by atoms with E-state index in [0.29, 0.717) is 4.90 Å². The average molecular weight is 290 g/mol. The molecule has 0 amide bonds. The molecule has 0 atom stereocenters. The lowest BCUT2D eigenvalue weighted by Crippen LogP contribution is -2.13. The first-order valence-corrected chi connectivity index (χ1v) is 6.52. The molecule has 0 heterocycles. The molecule has 0 fully saturated rings. The number of esters is 1. The molecule has 0 aromatic heterocycles. The van der Waals surface area contributed by atoms with Crippen LogP contribution in [0.15, 0.2) is 23.1 Å². The fourth-order valence-electron chi connectivity index (χ4n) is 1.19. The largest absolute Gasteiger partial charge is 0.462 e. The number of hydrogen-bond donors (Lipinski definition) is 0. The number of nitro benzene ring substituents is 1. The Balaban J connectivity index is 2.73. The topological polar surface area (TPSA) is 69.4 Å². The van der Waals surface area contributed by atoms with Crippen LogP contribution in [-0.4, -0.2) is 22.7 Å². The Hall–Kier alpha value is -1.27. The van der Waals surface area contributed by atoms with E-state index in [9.17, 15) is 14.9 Å². The van der Waals surface area contributed by atoms with Crippen LogP contribution < -0.4 is 0 Å². The first-order chi connectivity index (χ1) is 8.40. The zero-order valence-electron chi connectivity index (χ0n) is 9.88. The fraction of sp³-hybridized carbons (Fsp3) is 0.364. The highest BCUT2D eigenvalue weighted by atomic mass is 35.5. The van der Waals surface area contributed by atoms with Crippen LogP contribution in [0.25, 0.3) is 0 Å². The summed E-state index contributed by atoms with van der Waals surface area (Å²) >= 11 is 6.75. The van der Waals surface area contributed by atoms with Gasteiger partial charge in [-0.15, -0.1) is 11.8 Å². The molecule has 0 N–H and O–H groups in total. The number of thioether (sulfide) groups is 1. The van der Waals surface area contributed by atoms with Crippen molar-refractivity contribution in [3.05, 3.63) is 33.3 Å². The zero-order valence-corrected chi connectivity index (χ0v) is 11.5. The zero-order chi connectivity index (χ0) is 13.7. The highest BCUT2D eigenvalue weighted by Crippen LogP contribution is 2.31. The summed E-state index contributed by atoms with van der Waals surface area (Å²) < 4.78 is 4.94. The van der Waals surface area contributed by atoms with Crippen molar-refractivity contribution >= 4 is 35.0 Å². The lowest BCUT2D eigenvalue weighted by atomic mass is 10.3. The maximum absolute atomic E-state index is 11.3. The molecule has 98 valence electrons. The Bertz CT molecular complexity index is 464. The van der Waals surface area contributed by atoms with Crippen LogP contribution in [0.5, 0.6) is 0 Å². The van der Waals surface area contributed by atoms with Gasteiger partial charge in [0.1, 0.15) is 0 Å². The van der Waals surface area contributed by atoms with Crippen molar-refractivity contribution in [2.24, 2.45) is 0 Å². The Kier molecular flexibility index (Phi) is 5.43. The first kappa shape index (κ1) is 14.8. The Morgan fingerprint density at radius 2 is 2.22 bits per heavy atom. The first-order valence-electron chi connectivity index (χ1n) is 5.16. The van der Waals surface area contributed by atoms with Crippen molar-refractivity contribution in [2.75, 3.05) is 5.75 Å². The number of hydrogen-bond acceptors (Lipinski definition) is 5. The molecule has 0 aliphatic rings. The summed E-state index contributed by atoms with van der Waals surface area (Å²) in [5, 5.41) is 11.1. The predicted octanol–water partition coefficient (Wildman–Crippen LogP) is 3.29. The molecule has 5 nitrogen and oxygen atoms in total. The molecule has 0 bridgehead atoms. The number of nitro groups is 1. The highest BCUT2D eigenvalue weighted by Gasteiger charge is 2.16. The maximum atomic E-state index is 11.3. The monoisotopic (exact) mass is 289 g/mol. The summed E-state index contributed by atoms with van der Waals surface area (Å²) in [7, 11) is 0. The fourth-order valence-corrected chi connectivity index (χ4v) is 2.14. The molecule has 1 aromatic carbocycles. The summed E-state index contributed by atoms with van der Waals surface area (Å²) in [5.41, 5.74) is -0.107. The highest BCUT2D eigenvalue weighted by molar-refractivity contribution is 8.00. The molecule has 0 saturated carbocycles. The van der Waals surface area contributed by atoms with Gasteiger partial charge in [-0.2, -0.15) is 0 Å². The van der Waals surface area contributed by atoms with Gasteiger partial charge in [0, 0.05) is 11.1 Å². The van der Waals surface area contributed by atoms with E-state index >= 15 is 0 Å². The number of carbonyl (C=O) groups excluding carboxylic acids is 1. The van der Waals surface area contributed by atoms with Gasteiger partial charge in [-0.25, -0.2) is 0 Å². The second kappa shape index (κ2) is 6.61. The minimum absolute atomic E-state index is 0.0284. The number of nitrogens with zero attached hydrogens (tertiary/aromatic N) is 1. The van der Waals surface area contributed by atoms with Crippen molar-refractivity contribution in [2.45, 2.75) is 24.8 Å². The molecule has 0 unspecified atom stereocenters. The SMILES string of the molecule is CC(C)OC(=O)CSc1ccc(Cl)cc1[N+](=O)[O-]. The van der Waals surface area contributed by atoms with E-state index < -0.39 is 10.9 Å². The van der Waals surface area contributed by atoms with E-state index in [1.165, 1.54) is 12.1 Å². The Morgan fingerprint density at radius 1 is 1.56 bits per heavy atom. The molecule has 0 aliphatic carbocycles. The molecular formula is C11H12ClNO4S. The molecule has 18 heavy (non-hydrogen) atoms. The normalized spacial score (nSPS) is 10.4. The third-order valence-corrected chi connectivity index (χ3v) is 3.10. The molecule has 1 aromatic rings. The van der Waals surface area contributed by atoms with Gasteiger partial charge < -0.3 is 4.74 Å². The molecule has 1 rings (SSSR count). The molecule has 0 radical (unpaired) electrons. The van der Waals surface area contributed by atoms with E-state index in [-0.39, 0.29) is 22.6 Å². The standard InChI is InChI=1S/C11H12ClNO4S/c1-7(2)17-11(14)6-18-10-4-3-8(12)5-9(10)13(15)16/h3-5,7H,6H2,1-2H3. The minimum atomic E-state index is -0.526. The van der Waals surface area contributed by atoms with Crippen LogP contribution in [0, 0.1) is 10.1 Å². The number of rotatable bonds is 5. The van der Waals surface area contributed by atoms with E-state index in [0.717, 1.165) is 11.8 Å². The molecule has 0 saturated heterocycles.